The minimum absolute atomic E-state index is 0.00802. The molecule has 4 heteroatoms. The second kappa shape index (κ2) is 4.57. The van der Waals surface area contributed by atoms with Crippen molar-refractivity contribution in [1.82, 2.24) is 0 Å². The van der Waals surface area contributed by atoms with Crippen molar-refractivity contribution in [3.05, 3.63) is 46.5 Å². The molecule has 0 radical (unpaired) electrons. The lowest BCUT2D eigenvalue weighted by molar-refractivity contribution is -0.257. The van der Waals surface area contributed by atoms with Gasteiger partial charge in [-0.1, -0.05) is 27.7 Å². The molecule has 0 atom stereocenters. The van der Waals surface area contributed by atoms with Gasteiger partial charge in [-0.25, -0.2) is 0 Å². The molecule has 4 nitrogen and oxygen atoms in total. The van der Waals surface area contributed by atoms with Gasteiger partial charge in [0.25, 0.3) is 0 Å². The molecular weight excluding hydrogens is 312 g/mol. The Morgan fingerprint density at radius 3 is 1.40 bits per heavy atom. The molecule has 0 fully saturated rings. The molecule has 1 spiro atoms. The van der Waals surface area contributed by atoms with E-state index >= 15 is 0 Å². The molecule has 2 aliphatic carbocycles. The smallest absolute Gasteiger partial charge is 0.177 e. The first-order valence-electron chi connectivity index (χ1n) is 8.88. The molecule has 2 aromatic rings. The summed E-state index contributed by atoms with van der Waals surface area (Å²) < 4.78 is 0. The summed E-state index contributed by atoms with van der Waals surface area (Å²) in [6.07, 6.45) is 1.93. The molecular formula is C21H28N2O2+2. The summed E-state index contributed by atoms with van der Waals surface area (Å²) in [6.45, 7) is 9.05. The van der Waals surface area contributed by atoms with Gasteiger partial charge in [0.15, 0.2) is 22.9 Å². The summed E-state index contributed by atoms with van der Waals surface area (Å²) in [5.41, 5.74) is 14.0. The van der Waals surface area contributed by atoms with Crippen molar-refractivity contribution in [2.75, 3.05) is 0 Å². The minimum Gasteiger partial charge on any atom is -0.503 e. The average molecular weight is 340 g/mol. The fraction of sp³-hybridized carbons (Fsp3) is 0.429. The van der Waals surface area contributed by atoms with E-state index in [-0.39, 0.29) is 27.7 Å². The van der Waals surface area contributed by atoms with Crippen molar-refractivity contribution in [1.29, 1.82) is 0 Å². The highest BCUT2D eigenvalue weighted by Gasteiger charge is 2.57. The van der Waals surface area contributed by atoms with Gasteiger partial charge in [-0.05, 0) is 58.1 Å². The van der Waals surface area contributed by atoms with Crippen LogP contribution < -0.4 is 11.5 Å². The summed E-state index contributed by atoms with van der Waals surface area (Å²) in [5, 5.41) is 20.7. The number of benzene rings is 2. The number of hydrogen-bond acceptors (Lipinski definition) is 2. The molecule has 2 aliphatic rings. The Morgan fingerprint density at radius 1 is 0.680 bits per heavy atom. The molecule has 0 aliphatic heterocycles. The second-order valence-corrected chi connectivity index (χ2v) is 9.26. The summed E-state index contributed by atoms with van der Waals surface area (Å²) in [4.78, 5) is 0. The van der Waals surface area contributed by atoms with E-state index in [0.29, 0.717) is 11.4 Å². The third-order valence-electron chi connectivity index (χ3n) is 6.41. The lowest BCUT2D eigenvalue weighted by Crippen LogP contribution is -2.40. The predicted octanol–water partition coefficient (Wildman–Crippen LogP) is 2.49. The Kier molecular flexibility index (Phi) is 3.00. The minimum atomic E-state index is -0.186. The van der Waals surface area contributed by atoms with Gasteiger partial charge in [0, 0.05) is 17.5 Å². The van der Waals surface area contributed by atoms with Crippen molar-refractivity contribution in [2.24, 2.45) is 0 Å². The van der Waals surface area contributed by atoms with E-state index in [1.165, 1.54) is 22.3 Å². The van der Waals surface area contributed by atoms with E-state index < -0.39 is 0 Å². The molecule has 0 unspecified atom stereocenters. The molecule has 0 bridgehead atoms. The monoisotopic (exact) mass is 340 g/mol. The number of rotatable bonds is 0. The molecule has 0 saturated heterocycles. The third kappa shape index (κ3) is 2.01. The Balaban J connectivity index is 2.07. The molecule has 2 aromatic carbocycles. The maximum Gasteiger partial charge on any atom is 0.177 e. The van der Waals surface area contributed by atoms with Crippen LogP contribution in [0.4, 0.5) is 11.4 Å². The second-order valence-electron chi connectivity index (χ2n) is 9.26. The number of fused-ring (bicyclic) bond motifs is 4. The summed E-state index contributed by atoms with van der Waals surface area (Å²) in [6, 6.07) is 7.90. The molecule has 0 saturated carbocycles. The largest absolute Gasteiger partial charge is 0.503 e. The van der Waals surface area contributed by atoms with Gasteiger partial charge in [0.05, 0.1) is 0 Å². The van der Waals surface area contributed by atoms with E-state index in [4.69, 9.17) is 0 Å². The fourth-order valence-electron chi connectivity index (χ4n) is 5.47. The normalized spacial score (nSPS) is 21.4. The molecule has 0 amide bonds. The fourth-order valence-corrected chi connectivity index (χ4v) is 5.47. The lowest BCUT2D eigenvalue weighted by atomic mass is 9.72. The highest BCUT2D eigenvalue weighted by Crippen LogP contribution is 2.64. The quantitative estimate of drug-likeness (QED) is 0.593. The van der Waals surface area contributed by atoms with Crippen molar-refractivity contribution >= 4 is 11.4 Å². The molecule has 132 valence electrons. The van der Waals surface area contributed by atoms with Gasteiger partial charge in [-0.15, -0.1) is 0 Å². The first-order chi connectivity index (χ1) is 11.5. The van der Waals surface area contributed by atoms with Gasteiger partial charge < -0.3 is 21.7 Å². The zero-order valence-corrected chi connectivity index (χ0v) is 15.5. The SMILES string of the molecule is CC1(C)CC2(CC(C)(C)c3cc([NH3+])c(O)cc32)c2cc(O)c([NH3+])cc21. The number of phenols is 2. The zero-order chi connectivity index (χ0) is 18.4. The van der Waals surface area contributed by atoms with Crippen LogP contribution in [0.1, 0.15) is 62.8 Å². The van der Waals surface area contributed by atoms with Crippen LogP contribution in [-0.4, -0.2) is 10.2 Å². The summed E-state index contributed by atoms with van der Waals surface area (Å²) in [5.74, 6) is 0.500. The van der Waals surface area contributed by atoms with E-state index in [9.17, 15) is 10.2 Å². The average Bonchev–Trinajstić information content (AvgIpc) is 2.82. The van der Waals surface area contributed by atoms with Crippen LogP contribution in [0.3, 0.4) is 0 Å². The molecule has 8 N–H and O–H groups in total. The first kappa shape index (κ1) is 16.4. The molecule has 4 rings (SSSR count). The van der Waals surface area contributed by atoms with Crippen LogP contribution >= 0.6 is 0 Å². The topological polar surface area (TPSA) is 95.7 Å². The Hall–Kier alpha value is -2.04. The van der Waals surface area contributed by atoms with E-state index in [2.05, 4.69) is 39.2 Å². The molecule has 25 heavy (non-hydrogen) atoms. The summed E-state index contributed by atoms with van der Waals surface area (Å²) >= 11 is 0. The molecule has 0 heterocycles. The Labute approximate surface area is 148 Å². The van der Waals surface area contributed by atoms with E-state index in [1.54, 1.807) is 0 Å². The molecule has 0 aromatic heterocycles. The van der Waals surface area contributed by atoms with Crippen LogP contribution in [0.2, 0.25) is 0 Å². The van der Waals surface area contributed by atoms with Gasteiger partial charge in [-0.3, -0.25) is 0 Å². The van der Waals surface area contributed by atoms with Crippen LogP contribution in [0.15, 0.2) is 24.3 Å². The summed E-state index contributed by atoms with van der Waals surface area (Å²) in [7, 11) is 0. The Bertz CT molecular complexity index is 837. The van der Waals surface area contributed by atoms with Crippen LogP contribution in [-0.2, 0) is 16.2 Å². The van der Waals surface area contributed by atoms with Gasteiger partial charge >= 0.3 is 0 Å². The maximum atomic E-state index is 10.4. The van der Waals surface area contributed by atoms with Crippen LogP contribution in [0.5, 0.6) is 11.5 Å². The maximum absolute atomic E-state index is 10.4. The van der Waals surface area contributed by atoms with Gasteiger partial charge in [-0.2, -0.15) is 0 Å². The van der Waals surface area contributed by atoms with Crippen molar-refractivity contribution in [3.8, 4) is 11.5 Å². The number of hydrogen-bond donors (Lipinski definition) is 4. The van der Waals surface area contributed by atoms with Gasteiger partial charge in [0.2, 0.25) is 0 Å². The van der Waals surface area contributed by atoms with Crippen LogP contribution in [0.25, 0.3) is 0 Å². The van der Waals surface area contributed by atoms with Crippen molar-refractivity contribution < 1.29 is 21.7 Å². The van der Waals surface area contributed by atoms with Gasteiger partial charge in [0.1, 0.15) is 0 Å². The lowest BCUT2D eigenvalue weighted by Gasteiger charge is -2.30. The highest BCUT2D eigenvalue weighted by molar-refractivity contribution is 5.66. The standard InChI is InChI=1S/C21H26N2O2/c1-19(2)9-21(13-7-17(24)15(22)5-11(13)19)10-20(3,4)12-6-16(23)18(25)8-14(12)21/h5-8,24-25H,9-10,22-23H2,1-4H3/p+2. The van der Waals surface area contributed by atoms with E-state index in [1.807, 2.05) is 24.3 Å². The van der Waals surface area contributed by atoms with Crippen molar-refractivity contribution in [2.45, 2.75) is 56.8 Å². The number of phenolic OH excluding ortho intramolecular Hbond substituents is 2. The van der Waals surface area contributed by atoms with Crippen LogP contribution in [0, 0.1) is 0 Å². The van der Waals surface area contributed by atoms with E-state index in [0.717, 1.165) is 12.8 Å². The number of aromatic hydroxyl groups is 2. The zero-order valence-electron chi connectivity index (χ0n) is 15.5. The Morgan fingerprint density at radius 2 is 1.04 bits per heavy atom. The first-order valence-corrected chi connectivity index (χ1v) is 8.88. The number of quaternary nitrogens is 2. The van der Waals surface area contributed by atoms with Crippen molar-refractivity contribution in [3.63, 3.8) is 0 Å². The highest BCUT2D eigenvalue weighted by atomic mass is 16.3. The predicted molar refractivity (Wildman–Crippen MR) is 97.4 cm³/mol. The third-order valence-corrected chi connectivity index (χ3v) is 6.41.